The zero-order chi connectivity index (χ0) is 19.7. The van der Waals surface area contributed by atoms with Crippen molar-refractivity contribution in [3.8, 4) is 0 Å². The first-order chi connectivity index (χ1) is 13.4. The molecule has 2 bridgehead atoms. The van der Waals surface area contributed by atoms with Crippen LogP contribution in [0.5, 0.6) is 0 Å². The fourth-order valence-corrected chi connectivity index (χ4v) is 4.56. The summed E-state index contributed by atoms with van der Waals surface area (Å²) in [5.74, 6) is -0.827. The van der Waals surface area contributed by atoms with Gasteiger partial charge in [0.2, 0.25) is 0 Å². The van der Waals surface area contributed by atoms with Gasteiger partial charge in [-0.3, -0.25) is 4.90 Å². The number of rotatable bonds is 4. The Hall–Kier alpha value is -2.14. The van der Waals surface area contributed by atoms with Gasteiger partial charge in [0.25, 0.3) is 0 Å². The van der Waals surface area contributed by atoms with Crippen LogP contribution in [-0.2, 0) is 19.1 Å². The van der Waals surface area contributed by atoms with E-state index in [-0.39, 0.29) is 0 Å². The molecule has 1 saturated heterocycles. The van der Waals surface area contributed by atoms with Crippen molar-refractivity contribution in [1.82, 2.24) is 4.90 Å². The Morgan fingerprint density at radius 1 is 0.964 bits per heavy atom. The van der Waals surface area contributed by atoms with Crippen LogP contribution in [0.2, 0.25) is 0 Å². The van der Waals surface area contributed by atoms with Gasteiger partial charge in [-0.15, -0.1) is 0 Å². The standard InChI is InChI=1S/C23H23F4N/c24-20-11-17(10-19(14-20)23(25,26)27)9-18-12-21-7-4-8-22(13-18)28(21)15-16-5-2-1-3-6-16/h1-3,5-6,10-12,14,21-22H,4,7-9,13,15H2. The Labute approximate surface area is 162 Å². The number of piperidine rings is 1. The Bertz CT molecular complexity index is 857. The van der Waals surface area contributed by atoms with Crippen LogP contribution in [0.1, 0.15) is 42.4 Å². The van der Waals surface area contributed by atoms with Gasteiger partial charge in [0, 0.05) is 18.6 Å². The predicted octanol–water partition coefficient (Wildman–Crippen LogP) is 6.14. The molecule has 0 N–H and O–H groups in total. The van der Waals surface area contributed by atoms with Crippen LogP contribution in [-0.4, -0.2) is 17.0 Å². The lowest BCUT2D eigenvalue weighted by atomic mass is 9.82. The van der Waals surface area contributed by atoms with Crippen LogP contribution in [0, 0.1) is 5.82 Å². The summed E-state index contributed by atoms with van der Waals surface area (Å²) >= 11 is 0. The minimum Gasteiger partial charge on any atom is -0.289 e. The van der Waals surface area contributed by atoms with E-state index in [9.17, 15) is 17.6 Å². The summed E-state index contributed by atoms with van der Waals surface area (Å²) in [5, 5.41) is 0. The monoisotopic (exact) mass is 389 g/mol. The lowest BCUT2D eigenvalue weighted by Gasteiger charge is -2.45. The van der Waals surface area contributed by atoms with Crippen LogP contribution in [0.25, 0.3) is 0 Å². The molecule has 2 heterocycles. The molecule has 28 heavy (non-hydrogen) atoms. The summed E-state index contributed by atoms with van der Waals surface area (Å²) in [6.07, 6.45) is 2.22. The summed E-state index contributed by atoms with van der Waals surface area (Å²) in [7, 11) is 0. The topological polar surface area (TPSA) is 3.24 Å². The minimum atomic E-state index is -4.53. The number of alkyl halides is 3. The number of fused-ring (bicyclic) bond motifs is 2. The van der Waals surface area contributed by atoms with E-state index >= 15 is 0 Å². The number of benzene rings is 2. The number of halogens is 4. The number of nitrogens with zero attached hydrogens (tertiary/aromatic N) is 1. The maximum absolute atomic E-state index is 13.7. The highest BCUT2D eigenvalue weighted by Crippen LogP contribution is 2.36. The molecule has 2 aromatic carbocycles. The van der Waals surface area contributed by atoms with E-state index in [2.05, 4.69) is 23.1 Å². The highest BCUT2D eigenvalue weighted by molar-refractivity contribution is 5.32. The molecule has 2 aliphatic rings. The smallest absolute Gasteiger partial charge is 0.289 e. The number of hydrogen-bond donors (Lipinski definition) is 0. The first-order valence-corrected chi connectivity index (χ1v) is 9.74. The normalized spacial score (nSPS) is 22.8. The van der Waals surface area contributed by atoms with Gasteiger partial charge in [-0.25, -0.2) is 4.39 Å². The second-order valence-corrected chi connectivity index (χ2v) is 7.86. The molecule has 0 aromatic heterocycles. The van der Waals surface area contributed by atoms with Gasteiger partial charge in [-0.05, 0) is 55.0 Å². The molecular formula is C23H23F4N. The van der Waals surface area contributed by atoms with E-state index in [4.69, 9.17) is 0 Å². The molecular weight excluding hydrogens is 366 g/mol. The fourth-order valence-electron chi connectivity index (χ4n) is 4.56. The molecule has 0 aliphatic carbocycles. The summed E-state index contributed by atoms with van der Waals surface area (Å²) in [6, 6.07) is 13.9. The van der Waals surface area contributed by atoms with Crippen molar-refractivity contribution in [3.05, 3.63) is 82.7 Å². The van der Waals surface area contributed by atoms with Crippen molar-refractivity contribution in [2.24, 2.45) is 0 Å². The van der Waals surface area contributed by atoms with Crippen LogP contribution >= 0.6 is 0 Å². The van der Waals surface area contributed by atoms with Gasteiger partial charge >= 0.3 is 6.18 Å². The lowest BCUT2D eigenvalue weighted by molar-refractivity contribution is -0.137. The Balaban J connectivity index is 1.53. The average Bonchev–Trinajstić information content (AvgIpc) is 2.62. The minimum absolute atomic E-state index is 0.304. The maximum Gasteiger partial charge on any atom is 0.416 e. The fraction of sp³-hybridized carbons (Fsp3) is 0.391. The van der Waals surface area contributed by atoms with Crippen LogP contribution in [0.4, 0.5) is 17.6 Å². The molecule has 2 aromatic rings. The molecule has 1 fully saturated rings. The summed E-state index contributed by atoms with van der Waals surface area (Å²) in [4.78, 5) is 2.51. The van der Waals surface area contributed by atoms with Crippen molar-refractivity contribution in [3.63, 3.8) is 0 Å². The van der Waals surface area contributed by atoms with Gasteiger partial charge in [-0.2, -0.15) is 13.2 Å². The molecule has 0 spiro atoms. The van der Waals surface area contributed by atoms with E-state index in [1.54, 1.807) is 0 Å². The Morgan fingerprint density at radius 2 is 1.75 bits per heavy atom. The lowest BCUT2D eigenvalue weighted by Crippen LogP contribution is -2.48. The number of hydrogen-bond acceptors (Lipinski definition) is 1. The Morgan fingerprint density at radius 3 is 2.46 bits per heavy atom. The van der Waals surface area contributed by atoms with Crippen molar-refractivity contribution in [2.75, 3.05) is 0 Å². The van der Waals surface area contributed by atoms with E-state index in [0.717, 1.165) is 37.4 Å². The zero-order valence-corrected chi connectivity index (χ0v) is 15.6. The van der Waals surface area contributed by atoms with E-state index < -0.39 is 17.6 Å². The summed E-state index contributed by atoms with van der Waals surface area (Å²) in [6.45, 7) is 0.887. The first kappa shape index (κ1) is 19.2. The van der Waals surface area contributed by atoms with E-state index in [1.807, 2.05) is 18.2 Å². The molecule has 2 unspecified atom stereocenters. The summed E-state index contributed by atoms with van der Waals surface area (Å²) in [5.41, 5.74) is 1.88. The first-order valence-electron chi connectivity index (χ1n) is 9.74. The van der Waals surface area contributed by atoms with Crippen molar-refractivity contribution in [1.29, 1.82) is 0 Å². The van der Waals surface area contributed by atoms with Gasteiger partial charge < -0.3 is 0 Å². The Kier molecular flexibility index (Phi) is 5.28. The van der Waals surface area contributed by atoms with Crippen LogP contribution in [0.3, 0.4) is 0 Å². The molecule has 0 amide bonds. The second kappa shape index (κ2) is 7.70. The quantitative estimate of drug-likeness (QED) is 0.448. The maximum atomic E-state index is 13.7. The molecule has 1 nitrogen and oxygen atoms in total. The van der Waals surface area contributed by atoms with E-state index in [0.29, 0.717) is 30.1 Å². The molecule has 5 heteroatoms. The highest BCUT2D eigenvalue weighted by atomic mass is 19.4. The van der Waals surface area contributed by atoms with Gasteiger partial charge in [0.15, 0.2) is 0 Å². The molecule has 4 rings (SSSR count). The molecule has 0 radical (unpaired) electrons. The van der Waals surface area contributed by atoms with Gasteiger partial charge in [0.1, 0.15) is 5.82 Å². The third-order valence-electron chi connectivity index (χ3n) is 5.78. The third-order valence-corrected chi connectivity index (χ3v) is 5.78. The SMILES string of the molecule is Fc1cc(CC2=CC3CCCC(C2)N3Cc2ccccc2)cc(C(F)(F)F)c1. The average molecular weight is 389 g/mol. The van der Waals surface area contributed by atoms with Crippen LogP contribution in [0.15, 0.2) is 60.2 Å². The highest BCUT2D eigenvalue weighted by Gasteiger charge is 2.34. The largest absolute Gasteiger partial charge is 0.416 e. The molecule has 2 aliphatic heterocycles. The van der Waals surface area contributed by atoms with Crippen LogP contribution < -0.4 is 0 Å². The predicted molar refractivity (Wildman–Crippen MR) is 101 cm³/mol. The van der Waals surface area contributed by atoms with Crippen molar-refractivity contribution >= 4 is 0 Å². The van der Waals surface area contributed by atoms with E-state index in [1.165, 1.54) is 18.1 Å². The van der Waals surface area contributed by atoms with Crippen molar-refractivity contribution < 1.29 is 17.6 Å². The molecule has 0 saturated carbocycles. The zero-order valence-electron chi connectivity index (χ0n) is 15.6. The van der Waals surface area contributed by atoms with Gasteiger partial charge in [0.05, 0.1) is 5.56 Å². The molecule has 2 atom stereocenters. The summed E-state index contributed by atoms with van der Waals surface area (Å²) < 4.78 is 52.7. The molecule has 148 valence electrons. The third kappa shape index (κ3) is 4.30. The van der Waals surface area contributed by atoms with Gasteiger partial charge in [-0.1, -0.05) is 48.4 Å². The van der Waals surface area contributed by atoms with Crippen molar-refractivity contribution in [2.45, 2.75) is 56.9 Å². The second-order valence-electron chi connectivity index (χ2n) is 7.86.